The quantitative estimate of drug-likeness (QED) is 0.861. The molecule has 18 heavy (non-hydrogen) atoms. The second-order valence-electron chi connectivity index (χ2n) is 5.18. The lowest BCUT2D eigenvalue weighted by Gasteiger charge is -2.17. The minimum atomic E-state index is 0.341. The molecule has 0 aliphatic heterocycles. The molecule has 96 valence electrons. The molecule has 0 spiro atoms. The number of anilines is 1. The fraction of sp³-hybridized carbons (Fsp3) is 0.538. The molecule has 0 saturated heterocycles. The van der Waals surface area contributed by atoms with Crippen LogP contribution >= 0.6 is 0 Å². The van der Waals surface area contributed by atoms with Crippen molar-refractivity contribution in [2.24, 2.45) is 11.7 Å². The molecule has 0 aromatic carbocycles. The van der Waals surface area contributed by atoms with Crippen LogP contribution in [0.1, 0.15) is 24.8 Å². The van der Waals surface area contributed by atoms with Crippen LogP contribution in [0.3, 0.4) is 0 Å². The Kier molecular flexibility index (Phi) is 2.91. The fourth-order valence-corrected chi connectivity index (χ4v) is 2.74. The number of pyridine rings is 1. The predicted octanol–water partition coefficient (Wildman–Crippen LogP) is 1.58. The number of fused-ring (bicyclic) bond motifs is 1. The van der Waals surface area contributed by atoms with Gasteiger partial charge in [-0.05, 0) is 43.4 Å². The third-order valence-electron chi connectivity index (χ3n) is 3.79. The zero-order chi connectivity index (χ0) is 12.5. The van der Waals surface area contributed by atoms with Gasteiger partial charge in [-0.2, -0.15) is 9.61 Å². The highest BCUT2D eigenvalue weighted by Gasteiger charge is 2.23. The summed E-state index contributed by atoms with van der Waals surface area (Å²) in [7, 11) is 0. The summed E-state index contributed by atoms with van der Waals surface area (Å²) in [5, 5.41) is 7.70. The second kappa shape index (κ2) is 4.57. The summed E-state index contributed by atoms with van der Waals surface area (Å²) in [6.45, 7) is 2.99. The molecule has 1 saturated carbocycles. The van der Waals surface area contributed by atoms with Crippen LogP contribution in [0.15, 0.2) is 18.5 Å². The van der Waals surface area contributed by atoms with Crippen molar-refractivity contribution < 1.29 is 0 Å². The fourth-order valence-electron chi connectivity index (χ4n) is 2.74. The van der Waals surface area contributed by atoms with Gasteiger partial charge in [0.25, 0.3) is 0 Å². The van der Waals surface area contributed by atoms with E-state index >= 15 is 0 Å². The lowest BCUT2D eigenvalue weighted by Crippen LogP contribution is -2.30. The average Bonchev–Trinajstić information content (AvgIpc) is 2.94. The van der Waals surface area contributed by atoms with Crippen molar-refractivity contribution in [3.05, 3.63) is 24.0 Å². The van der Waals surface area contributed by atoms with Gasteiger partial charge in [-0.25, -0.2) is 4.98 Å². The second-order valence-corrected chi connectivity index (χ2v) is 5.18. The normalized spacial score (nSPS) is 23.7. The molecule has 2 heterocycles. The van der Waals surface area contributed by atoms with Gasteiger partial charge >= 0.3 is 0 Å². The molecule has 2 aromatic rings. The molecule has 5 nitrogen and oxygen atoms in total. The Bertz CT molecular complexity index is 547. The smallest absolute Gasteiger partial charge is 0.157 e. The van der Waals surface area contributed by atoms with Gasteiger partial charge in [0.15, 0.2) is 5.65 Å². The van der Waals surface area contributed by atoms with Gasteiger partial charge in [-0.3, -0.25) is 0 Å². The van der Waals surface area contributed by atoms with E-state index in [-0.39, 0.29) is 0 Å². The molecule has 0 radical (unpaired) electrons. The van der Waals surface area contributed by atoms with Crippen LogP contribution in [-0.2, 0) is 0 Å². The summed E-state index contributed by atoms with van der Waals surface area (Å²) in [6, 6.07) is 4.47. The van der Waals surface area contributed by atoms with Gasteiger partial charge < -0.3 is 11.1 Å². The number of nitrogens with one attached hydrogen (secondary N) is 1. The molecule has 2 atom stereocenters. The van der Waals surface area contributed by atoms with Crippen molar-refractivity contribution in [3.63, 3.8) is 0 Å². The summed E-state index contributed by atoms with van der Waals surface area (Å²) in [5.74, 6) is 1.57. The summed E-state index contributed by atoms with van der Waals surface area (Å²) in [5.41, 5.74) is 8.16. The predicted molar refractivity (Wildman–Crippen MR) is 71.5 cm³/mol. The minimum Gasteiger partial charge on any atom is -0.370 e. The van der Waals surface area contributed by atoms with Crippen LogP contribution in [-0.4, -0.2) is 27.2 Å². The number of nitrogens with zero attached hydrogens (tertiary/aromatic N) is 3. The lowest BCUT2D eigenvalue weighted by molar-refractivity contribution is 0.504. The zero-order valence-electron chi connectivity index (χ0n) is 10.6. The van der Waals surface area contributed by atoms with Crippen molar-refractivity contribution in [2.45, 2.75) is 32.2 Å². The SMILES string of the molecule is Cc1cc(NCC2CCCC2N)n2ncnc2c1. The molecule has 2 unspecified atom stereocenters. The van der Waals surface area contributed by atoms with Gasteiger partial charge in [0.05, 0.1) is 0 Å². The van der Waals surface area contributed by atoms with E-state index in [1.807, 2.05) is 10.6 Å². The van der Waals surface area contributed by atoms with Crippen molar-refractivity contribution in [1.82, 2.24) is 14.6 Å². The number of rotatable bonds is 3. The molecule has 0 amide bonds. The Morgan fingerprint density at radius 2 is 2.33 bits per heavy atom. The Hall–Kier alpha value is -1.62. The molecule has 1 aliphatic rings. The number of aryl methyl sites for hydroxylation is 1. The summed E-state index contributed by atoms with van der Waals surface area (Å²) >= 11 is 0. The van der Waals surface area contributed by atoms with Crippen molar-refractivity contribution in [3.8, 4) is 0 Å². The van der Waals surface area contributed by atoms with Gasteiger partial charge in [-0.1, -0.05) is 6.42 Å². The monoisotopic (exact) mass is 245 g/mol. The number of hydrogen-bond acceptors (Lipinski definition) is 4. The van der Waals surface area contributed by atoms with E-state index < -0.39 is 0 Å². The lowest BCUT2D eigenvalue weighted by atomic mass is 10.0. The van der Waals surface area contributed by atoms with E-state index in [1.54, 1.807) is 6.33 Å². The topological polar surface area (TPSA) is 68.2 Å². The molecule has 3 rings (SSSR count). The number of aromatic nitrogens is 3. The molecule has 1 fully saturated rings. The molecule has 0 bridgehead atoms. The first-order valence-electron chi connectivity index (χ1n) is 6.54. The summed E-state index contributed by atoms with van der Waals surface area (Å²) in [6.07, 6.45) is 5.21. The molecular formula is C13H19N5. The van der Waals surface area contributed by atoms with Crippen molar-refractivity contribution in [1.29, 1.82) is 0 Å². The standard InChI is InChI=1S/C13H19N5/c1-9-5-12(18-13(6-9)16-8-17-18)15-7-10-3-2-4-11(10)14/h5-6,8,10-11,15H,2-4,7,14H2,1H3. The molecule has 2 aromatic heterocycles. The first kappa shape index (κ1) is 11.5. The Balaban J connectivity index is 1.79. The number of hydrogen-bond donors (Lipinski definition) is 2. The first-order chi connectivity index (χ1) is 8.74. The Labute approximate surface area is 106 Å². The van der Waals surface area contributed by atoms with E-state index in [4.69, 9.17) is 5.73 Å². The molecule has 3 N–H and O–H groups in total. The van der Waals surface area contributed by atoms with E-state index in [0.29, 0.717) is 12.0 Å². The van der Waals surface area contributed by atoms with Crippen molar-refractivity contribution >= 4 is 11.5 Å². The maximum Gasteiger partial charge on any atom is 0.157 e. The molecule has 1 aliphatic carbocycles. The average molecular weight is 245 g/mol. The Morgan fingerprint density at radius 3 is 3.11 bits per heavy atom. The first-order valence-corrected chi connectivity index (χ1v) is 6.54. The number of nitrogens with two attached hydrogens (primary N) is 1. The summed E-state index contributed by atoms with van der Waals surface area (Å²) < 4.78 is 1.84. The molecule has 5 heteroatoms. The maximum atomic E-state index is 6.09. The maximum absolute atomic E-state index is 6.09. The van der Waals surface area contributed by atoms with Crippen LogP contribution in [0.5, 0.6) is 0 Å². The van der Waals surface area contributed by atoms with Gasteiger partial charge in [0.1, 0.15) is 12.1 Å². The van der Waals surface area contributed by atoms with Crippen LogP contribution in [0.25, 0.3) is 5.65 Å². The van der Waals surface area contributed by atoms with E-state index in [1.165, 1.54) is 18.4 Å². The summed E-state index contributed by atoms with van der Waals surface area (Å²) in [4.78, 5) is 4.22. The third-order valence-corrected chi connectivity index (χ3v) is 3.79. The van der Waals surface area contributed by atoms with Crippen LogP contribution in [0.2, 0.25) is 0 Å². The van der Waals surface area contributed by atoms with Gasteiger partial charge in [-0.15, -0.1) is 0 Å². The van der Waals surface area contributed by atoms with Gasteiger partial charge in [0.2, 0.25) is 0 Å². The molecular weight excluding hydrogens is 226 g/mol. The van der Waals surface area contributed by atoms with Crippen LogP contribution in [0.4, 0.5) is 5.82 Å². The van der Waals surface area contributed by atoms with Crippen LogP contribution in [0, 0.1) is 12.8 Å². The van der Waals surface area contributed by atoms with Crippen LogP contribution < -0.4 is 11.1 Å². The van der Waals surface area contributed by atoms with Crippen molar-refractivity contribution in [2.75, 3.05) is 11.9 Å². The van der Waals surface area contributed by atoms with E-state index in [9.17, 15) is 0 Å². The highest BCUT2D eigenvalue weighted by Crippen LogP contribution is 2.24. The highest BCUT2D eigenvalue weighted by atomic mass is 15.3. The van der Waals surface area contributed by atoms with E-state index in [2.05, 4.69) is 28.4 Å². The zero-order valence-corrected chi connectivity index (χ0v) is 10.6. The minimum absolute atomic E-state index is 0.341. The van der Waals surface area contributed by atoms with Gasteiger partial charge in [0, 0.05) is 12.6 Å². The van der Waals surface area contributed by atoms with E-state index in [0.717, 1.165) is 24.4 Å². The Morgan fingerprint density at radius 1 is 1.44 bits per heavy atom. The third kappa shape index (κ3) is 2.06. The highest BCUT2D eigenvalue weighted by molar-refractivity contribution is 5.51. The largest absolute Gasteiger partial charge is 0.370 e.